The number of nitrogens with zero attached hydrogens (tertiary/aromatic N) is 6. The lowest BCUT2D eigenvalue weighted by Crippen LogP contribution is -2.35. The van der Waals surface area contributed by atoms with Crippen molar-refractivity contribution in [3.63, 3.8) is 0 Å². The molecule has 0 unspecified atom stereocenters. The Morgan fingerprint density at radius 3 is 1.44 bits per heavy atom. The maximum atomic E-state index is 14.5. The molecular weight excluding hydrogens is 1260 g/mol. The van der Waals surface area contributed by atoms with E-state index in [0.717, 1.165) is 40.0 Å². The van der Waals surface area contributed by atoms with Crippen molar-refractivity contribution in [1.29, 1.82) is 0 Å². The van der Waals surface area contributed by atoms with Gasteiger partial charge in [0.1, 0.15) is 24.6 Å². The first-order valence-electron chi connectivity index (χ1n) is 30.3. The van der Waals surface area contributed by atoms with E-state index in [1.807, 2.05) is 24.3 Å². The molecule has 7 aromatic carbocycles. The normalized spacial score (nSPS) is 13.9. The molecule has 1 aliphatic rings. The lowest BCUT2D eigenvalue weighted by molar-refractivity contribution is -0.139. The maximum absolute atomic E-state index is 14.5. The van der Waals surface area contributed by atoms with E-state index in [4.69, 9.17) is 18.5 Å². The van der Waals surface area contributed by atoms with Crippen molar-refractivity contribution in [3.05, 3.63) is 214 Å². The SMILES string of the molecule is CCc1ccc(-c2noc(-c3ccc(CN(CC(=O)O)C(=O)c4ccc(NC(=O)Cc5ccc(OCC6CCC(c7noc(-c8ccc(CN(CC(=O)O)C(=O)c9ccc(NC(=O)Cc%10ccc(OC)cc%10C(F)(F)F)cc9)cc8)n7)CC6)cc5C(F)(F)F)cc4)cc3)n2)cc1. The number of carboxylic acid groups (broad SMARTS) is 2. The second kappa shape index (κ2) is 29.8. The summed E-state index contributed by atoms with van der Waals surface area (Å²) in [6, 6.07) is 39.1. The Balaban J connectivity index is 0.674. The predicted molar refractivity (Wildman–Crippen MR) is 336 cm³/mol. The van der Waals surface area contributed by atoms with Gasteiger partial charge < -0.3 is 49.2 Å². The average Bonchev–Trinajstić information content (AvgIpc) is 1.29. The number of carbonyl (C=O) groups excluding carboxylic acids is 4. The van der Waals surface area contributed by atoms with Gasteiger partial charge in [-0.25, -0.2) is 0 Å². The Labute approximate surface area is 544 Å². The van der Waals surface area contributed by atoms with E-state index in [9.17, 15) is 65.3 Å². The third-order valence-electron chi connectivity index (χ3n) is 16.1. The van der Waals surface area contributed by atoms with Crippen molar-refractivity contribution in [1.82, 2.24) is 30.1 Å². The lowest BCUT2D eigenvalue weighted by atomic mass is 9.82. The molecule has 2 heterocycles. The minimum absolute atomic E-state index is 0.00901. The van der Waals surface area contributed by atoms with Crippen molar-refractivity contribution < 1.29 is 83.8 Å². The van der Waals surface area contributed by atoms with Crippen LogP contribution in [0.1, 0.15) is 104 Å². The Kier molecular flexibility index (Phi) is 21.0. The highest BCUT2D eigenvalue weighted by Crippen LogP contribution is 2.39. The number of ether oxygens (including phenoxy) is 2. The zero-order valence-electron chi connectivity index (χ0n) is 51.6. The van der Waals surface area contributed by atoms with E-state index >= 15 is 0 Å². The van der Waals surface area contributed by atoms with Gasteiger partial charge in [-0.3, -0.25) is 28.8 Å². The Morgan fingerprint density at radius 2 is 0.979 bits per heavy atom. The molecule has 4 amide bonds. The number of rotatable bonds is 25. The van der Waals surface area contributed by atoms with E-state index in [0.29, 0.717) is 59.6 Å². The van der Waals surface area contributed by atoms with E-state index in [-0.39, 0.29) is 88.4 Å². The van der Waals surface area contributed by atoms with Crippen LogP contribution in [-0.2, 0) is 63.9 Å². The van der Waals surface area contributed by atoms with Gasteiger partial charge in [-0.15, -0.1) is 0 Å². The largest absolute Gasteiger partial charge is 0.497 e. The Morgan fingerprint density at radius 1 is 0.542 bits per heavy atom. The van der Waals surface area contributed by atoms with Crippen LogP contribution in [-0.4, -0.2) is 103 Å². The van der Waals surface area contributed by atoms with Crippen LogP contribution < -0.4 is 20.1 Å². The minimum Gasteiger partial charge on any atom is -0.497 e. The number of carbonyl (C=O) groups is 6. The van der Waals surface area contributed by atoms with Crippen LogP contribution in [0.5, 0.6) is 11.5 Å². The number of aromatic nitrogens is 4. The third kappa shape index (κ3) is 17.5. The smallest absolute Gasteiger partial charge is 0.416 e. The average molecular weight is 1320 g/mol. The summed E-state index contributed by atoms with van der Waals surface area (Å²) >= 11 is 0. The lowest BCUT2D eigenvalue weighted by Gasteiger charge is -2.26. The quantitative estimate of drug-likeness (QED) is 0.0387. The molecule has 20 nitrogen and oxygen atoms in total. The van der Waals surface area contributed by atoms with Gasteiger partial charge in [-0.2, -0.15) is 36.3 Å². The molecule has 0 radical (unpaired) electrons. The van der Waals surface area contributed by atoms with Crippen molar-refractivity contribution >= 4 is 46.9 Å². The highest BCUT2D eigenvalue weighted by Gasteiger charge is 2.36. The Hall–Kier alpha value is -11.2. The number of hydrogen-bond donors (Lipinski definition) is 4. The van der Waals surface area contributed by atoms with E-state index < -0.39 is 85.0 Å². The number of benzene rings is 7. The number of nitrogens with one attached hydrogen (secondary N) is 2. The first-order chi connectivity index (χ1) is 45.9. The van der Waals surface area contributed by atoms with Gasteiger partial charge in [0.25, 0.3) is 23.6 Å². The Bertz CT molecular complexity index is 4250. The number of amides is 4. The zero-order chi connectivity index (χ0) is 68.3. The molecule has 0 spiro atoms. The van der Waals surface area contributed by atoms with Crippen molar-refractivity contribution in [2.45, 2.75) is 83.2 Å². The van der Waals surface area contributed by atoms with Gasteiger partial charge in [0, 0.05) is 58.2 Å². The summed E-state index contributed by atoms with van der Waals surface area (Å²) in [5, 5.41) is 32.8. The number of aliphatic carboxylic acids is 2. The van der Waals surface area contributed by atoms with Crippen LogP contribution in [0.3, 0.4) is 0 Å². The number of aryl methyl sites for hydroxylation is 1. The molecule has 2 aromatic heterocycles. The van der Waals surface area contributed by atoms with Crippen LogP contribution in [0.25, 0.3) is 34.3 Å². The van der Waals surface area contributed by atoms with Crippen LogP contribution in [0, 0.1) is 5.92 Å². The molecule has 496 valence electrons. The number of hydrogen-bond acceptors (Lipinski definition) is 14. The van der Waals surface area contributed by atoms with Crippen LogP contribution in [0.15, 0.2) is 167 Å². The fourth-order valence-electron chi connectivity index (χ4n) is 11.0. The first-order valence-corrected chi connectivity index (χ1v) is 30.3. The fourth-order valence-corrected chi connectivity index (χ4v) is 11.0. The predicted octanol–water partition coefficient (Wildman–Crippen LogP) is 13.2. The van der Waals surface area contributed by atoms with Crippen molar-refractivity contribution in [2.75, 3.05) is 37.4 Å². The zero-order valence-corrected chi connectivity index (χ0v) is 51.6. The van der Waals surface area contributed by atoms with Gasteiger partial charge in [0.05, 0.1) is 37.7 Å². The van der Waals surface area contributed by atoms with Crippen LogP contribution in [0.4, 0.5) is 37.7 Å². The third-order valence-corrected chi connectivity index (χ3v) is 16.1. The molecule has 0 atom stereocenters. The maximum Gasteiger partial charge on any atom is 0.416 e. The van der Waals surface area contributed by atoms with Gasteiger partial charge in [0.15, 0.2) is 5.82 Å². The molecule has 96 heavy (non-hydrogen) atoms. The summed E-state index contributed by atoms with van der Waals surface area (Å²) in [4.78, 5) is 88.4. The molecule has 1 aliphatic carbocycles. The van der Waals surface area contributed by atoms with Gasteiger partial charge in [-0.1, -0.05) is 77.9 Å². The number of carboxylic acids is 2. The van der Waals surface area contributed by atoms with Gasteiger partial charge in [-0.05, 0) is 163 Å². The minimum atomic E-state index is -4.83. The fraction of sp³-hybridized carbons (Fsp3) is 0.257. The summed E-state index contributed by atoms with van der Waals surface area (Å²) in [7, 11) is 1.22. The molecule has 0 saturated heterocycles. The second-order valence-electron chi connectivity index (χ2n) is 22.9. The molecule has 10 rings (SSSR count). The van der Waals surface area contributed by atoms with Crippen molar-refractivity contribution in [3.8, 4) is 45.8 Å². The number of methoxy groups -OCH3 is 1. The topological polar surface area (TPSA) is 270 Å². The highest BCUT2D eigenvalue weighted by atomic mass is 19.4. The molecule has 26 heteroatoms. The summed E-state index contributed by atoms with van der Waals surface area (Å²) in [6.45, 7) is 0.715. The molecule has 1 fully saturated rings. The van der Waals surface area contributed by atoms with Crippen LogP contribution in [0.2, 0.25) is 0 Å². The molecule has 0 aliphatic heterocycles. The van der Waals surface area contributed by atoms with Crippen LogP contribution >= 0.6 is 0 Å². The first kappa shape index (κ1) is 67.7. The molecule has 4 N–H and O–H groups in total. The molecule has 9 aromatic rings. The standard InChI is InChI=1S/C70H62F6N8O12/c1-3-41-4-12-45(13-5-41)63-79-65(95-81-63)47-16-6-42(7-17-47)36-83(38-61(87)88)68(92)50-22-28-54(29-23-50)78-60(86)33-52-25-31-56(35-58(52)70(74,75)76)94-40-44-10-14-46(15-11-44)64-80-66(96-82-64)48-18-8-43(9-19-48)37-84(39-62(89)90)67(91)49-20-26-53(27-21-49)77-59(85)32-51-24-30-55(93-2)34-57(51)69(71,72)73/h4-9,12-13,16-31,34-35,44,46H,3,10-11,14-15,32-33,36-40H2,1-2H3,(H,77,85)(H,78,86)(H,87,88)(H,89,90). The second-order valence-corrected chi connectivity index (χ2v) is 22.9. The molecular formula is C70H62F6N8O12. The number of anilines is 2. The van der Waals surface area contributed by atoms with Gasteiger partial charge in [0.2, 0.25) is 17.6 Å². The van der Waals surface area contributed by atoms with Gasteiger partial charge >= 0.3 is 24.3 Å². The highest BCUT2D eigenvalue weighted by molar-refractivity contribution is 5.98. The monoisotopic (exact) mass is 1320 g/mol. The number of alkyl halides is 6. The summed E-state index contributed by atoms with van der Waals surface area (Å²) in [5.41, 5.74) is 2.23. The summed E-state index contributed by atoms with van der Waals surface area (Å²) in [5.74, 6) is -4.07. The summed E-state index contributed by atoms with van der Waals surface area (Å²) in [6.07, 6.45) is -7.37. The summed E-state index contributed by atoms with van der Waals surface area (Å²) < 4.78 is 107. The van der Waals surface area contributed by atoms with Crippen molar-refractivity contribution in [2.24, 2.45) is 5.92 Å². The van der Waals surface area contributed by atoms with E-state index in [1.54, 1.807) is 48.5 Å². The van der Waals surface area contributed by atoms with E-state index in [2.05, 4.69) is 37.8 Å². The molecule has 1 saturated carbocycles. The molecule has 0 bridgehead atoms. The number of halogens is 6. The van der Waals surface area contributed by atoms with E-state index in [1.165, 1.54) is 79.4 Å².